The van der Waals surface area contributed by atoms with Crippen molar-refractivity contribution in [1.29, 1.82) is 0 Å². The molecule has 5 rings (SSSR count). The second kappa shape index (κ2) is 7.84. The van der Waals surface area contributed by atoms with Gasteiger partial charge in [0, 0.05) is 23.5 Å². The first-order valence-corrected chi connectivity index (χ1v) is 11.4. The number of nitrogens with zero attached hydrogens (tertiary/aromatic N) is 1. The van der Waals surface area contributed by atoms with E-state index in [2.05, 4.69) is 23.5 Å². The number of anilines is 1. The van der Waals surface area contributed by atoms with Crippen LogP contribution in [0.5, 0.6) is 0 Å². The van der Waals surface area contributed by atoms with E-state index in [1.54, 1.807) is 11.8 Å². The summed E-state index contributed by atoms with van der Waals surface area (Å²) in [5.41, 5.74) is 3.97. The number of amides is 2. The van der Waals surface area contributed by atoms with Gasteiger partial charge in [0.05, 0.1) is 18.8 Å². The van der Waals surface area contributed by atoms with E-state index in [0.717, 1.165) is 36.6 Å². The van der Waals surface area contributed by atoms with E-state index in [-0.39, 0.29) is 17.2 Å². The summed E-state index contributed by atoms with van der Waals surface area (Å²) in [7, 11) is 0. The molecule has 1 atom stereocenters. The van der Waals surface area contributed by atoms with Gasteiger partial charge in [0.2, 0.25) is 5.37 Å². The highest BCUT2D eigenvalue weighted by molar-refractivity contribution is 8.00. The number of fused-ring (bicyclic) bond motifs is 2. The number of thioether (sulfide) groups is 1. The van der Waals surface area contributed by atoms with Crippen molar-refractivity contribution in [3.8, 4) is 0 Å². The lowest BCUT2D eigenvalue weighted by atomic mass is 9.99. The number of carbonyl (C=O) groups is 2. The molecule has 3 aliphatic heterocycles. The second-order valence-corrected chi connectivity index (χ2v) is 9.31. The van der Waals surface area contributed by atoms with Crippen LogP contribution < -0.4 is 10.2 Å². The van der Waals surface area contributed by atoms with E-state index in [0.29, 0.717) is 12.1 Å². The van der Waals surface area contributed by atoms with Gasteiger partial charge >= 0.3 is 0 Å². The molecule has 2 aromatic rings. The van der Waals surface area contributed by atoms with Crippen LogP contribution in [0.15, 0.2) is 47.4 Å². The Balaban J connectivity index is 1.33. The molecule has 5 nitrogen and oxygen atoms in total. The summed E-state index contributed by atoms with van der Waals surface area (Å²) in [5.74, 6) is 0.0984. The Morgan fingerprint density at radius 2 is 1.86 bits per heavy atom. The van der Waals surface area contributed by atoms with Crippen LogP contribution in [0.25, 0.3) is 0 Å². The predicted octanol–water partition coefficient (Wildman–Crippen LogP) is 2.32. The van der Waals surface area contributed by atoms with Gasteiger partial charge in [-0.1, -0.05) is 36.0 Å². The van der Waals surface area contributed by atoms with E-state index < -0.39 is 0 Å². The Morgan fingerprint density at radius 1 is 1.07 bits per heavy atom. The number of piperidine rings is 1. The van der Waals surface area contributed by atoms with Crippen molar-refractivity contribution in [2.75, 3.05) is 25.0 Å². The highest BCUT2D eigenvalue weighted by Gasteiger charge is 2.36. The summed E-state index contributed by atoms with van der Waals surface area (Å²) in [4.78, 5) is 30.2. The minimum absolute atomic E-state index is 0.0327. The molecule has 29 heavy (non-hydrogen) atoms. The molecule has 0 radical (unpaired) electrons. The van der Waals surface area contributed by atoms with Gasteiger partial charge < -0.3 is 15.1 Å². The first-order valence-electron chi connectivity index (χ1n) is 10.5. The Labute approximate surface area is 175 Å². The lowest BCUT2D eigenvalue weighted by Gasteiger charge is -2.33. The molecule has 0 spiro atoms. The molecular formula is C23H26N3O2S+. The van der Waals surface area contributed by atoms with Crippen molar-refractivity contribution in [3.63, 3.8) is 0 Å². The molecule has 6 heteroatoms. The van der Waals surface area contributed by atoms with Crippen molar-refractivity contribution >= 4 is 29.3 Å². The summed E-state index contributed by atoms with van der Waals surface area (Å²) in [5, 5.41) is 2.99. The summed E-state index contributed by atoms with van der Waals surface area (Å²) in [6, 6.07) is 14.1. The van der Waals surface area contributed by atoms with Crippen molar-refractivity contribution in [3.05, 3.63) is 59.2 Å². The van der Waals surface area contributed by atoms with Crippen LogP contribution in [0, 0.1) is 0 Å². The quantitative estimate of drug-likeness (QED) is 0.802. The van der Waals surface area contributed by atoms with E-state index in [1.165, 1.54) is 35.3 Å². The van der Waals surface area contributed by atoms with Crippen LogP contribution in [0.4, 0.5) is 5.69 Å². The average molecular weight is 409 g/mol. The molecular weight excluding hydrogens is 382 g/mol. The minimum Gasteiger partial charge on any atom is -0.334 e. The average Bonchev–Trinajstić information content (AvgIpc) is 2.78. The van der Waals surface area contributed by atoms with Crippen molar-refractivity contribution in [2.24, 2.45) is 0 Å². The van der Waals surface area contributed by atoms with Gasteiger partial charge in [0.25, 0.3) is 11.8 Å². The SMILES string of the molecule is O=C1Nc2cc(C(=O)N3CCc4ccccc4C3)ccc2SC1[NH+]1CCCCC1. The minimum atomic E-state index is -0.0806. The lowest BCUT2D eigenvalue weighted by Crippen LogP contribution is -3.17. The molecule has 0 aromatic heterocycles. The third-order valence-corrected chi connectivity index (χ3v) is 7.64. The van der Waals surface area contributed by atoms with Gasteiger partial charge in [0.15, 0.2) is 0 Å². The summed E-state index contributed by atoms with van der Waals surface area (Å²) >= 11 is 1.64. The van der Waals surface area contributed by atoms with E-state index >= 15 is 0 Å². The normalized spacial score (nSPS) is 21.9. The number of benzene rings is 2. The Kier molecular flexibility index (Phi) is 5.06. The Morgan fingerprint density at radius 3 is 2.69 bits per heavy atom. The van der Waals surface area contributed by atoms with Gasteiger partial charge in [0.1, 0.15) is 0 Å². The highest BCUT2D eigenvalue weighted by atomic mass is 32.2. The van der Waals surface area contributed by atoms with E-state index in [9.17, 15) is 9.59 Å². The molecule has 0 bridgehead atoms. The molecule has 150 valence electrons. The van der Waals surface area contributed by atoms with Crippen molar-refractivity contribution in [2.45, 2.75) is 42.5 Å². The van der Waals surface area contributed by atoms with Crippen molar-refractivity contribution in [1.82, 2.24) is 4.90 Å². The van der Waals surface area contributed by atoms with Crippen LogP contribution in [0.2, 0.25) is 0 Å². The molecule has 1 fully saturated rings. The maximum absolute atomic E-state index is 13.1. The molecule has 2 aromatic carbocycles. The van der Waals surface area contributed by atoms with Gasteiger partial charge in [-0.15, -0.1) is 0 Å². The number of rotatable bonds is 2. The van der Waals surface area contributed by atoms with Gasteiger partial charge in [-0.25, -0.2) is 0 Å². The van der Waals surface area contributed by atoms with Crippen LogP contribution in [0.1, 0.15) is 40.7 Å². The third kappa shape index (κ3) is 3.67. The van der Waals surface area contributed by atoms with Crippen LogP contribution in [0.3, 0.4) is 0 Å². The molecule has 2 amide bonds. The standard InChI is InChI=1S/C23H25N3O2S/c27-21-23(25-11-4-1-5-12-25)29-20-9-8-17(14-19(20)24-21)22(28)26-13-10-16-6-2-3-7-18(16)15-26/h2-3,6-9,14,23H,1,4-5,10-13,15H2,(H,24,27)/p+1. The molecule has 3 heterocycles. The number of nitrogens with one attached hydrogen (secondary N) is 2. The molecule has 0 saturated carbocycles. The fourth-order valence-electron chi connectivity index (χ4n) is 4.63. The number of quaternary nitrogens is 1. The predicted molar refractivity (Wildman–Crippen MR) is 114 cm³/mol. The summed E-state index contributed by atoms with van der Waals surface area (Å²) in [6.07, 6.45) is 4.54. The maximum Gasteiger partial charge on any atom is 0.294 e. The third-order valence-electron chi connectivity index (χ3n) is 6.25. The zero-order valence-electron chi connectivity index (χ0n) is 16.4. The Bertz CT molecular complexity index is 955. The van der Waals surface area contributed by atoms with E-state index in [1.807, 2.05) is 29.2 Å². The molecule has 0 aliphatic carbocycles. The number of likely N-dealkylation sites (tertiary alicyclic amines) is 1. The highest BCUT2D eigenvalue weighted by Crippen LogP contribution is 2.35. The van der Waals surface area contributed by atoms with Gasteiger partial charge in [-0.3, -0.25) is 9.59 Å². The first kappa shape index (κ1) is 18.7. The largest absolute Gasteiger partial charge is 0.334 e. The fourth-order valence-corrected chi connectivity index (χ4v) is 5.84. The second-order valence-electron chi connectivity index (χ2n) is 8.16. The first-order chi connectivity index (χ1) is 14.2. The lowest BCUT2D eigenvalue weighted by molar-refractivity contribution is -0.906. The number of hydrogen-bond donors (Lipinski definition) is 2. The van der Waals surface area contributed by atoms with Crippen LogP contribution in [-0.4, -0.2) is 41.7 Å². The fraction of sp³-hybridized carbons (Fsp3) is 0.391. The van der Waals surface area contributed by atoms with Gasteiger partial charge in [-0.05, 0) is 55.0 Å². The molecule has 1 unspecified atom stereocenters. The van der Waals surface area contributed by atoms with Gasteiger partial charge in [-0.2, -0.15) is 0 Å². The topological polar surface area (TPSA) is 53.9 Å². The zero-order valence-corrected chi connectivity index (χ0v) is 17.3. The molecule has 2 N–H and O–H groups in total. The molecule has 1 saturated heterocycles. The van der Waals surface area contributed by atoms with E-state index in [4.69, 9.17) is 0 Å². The number of hydrogen-bond acceptors (Lipinski definition) is 3. The smallest absolute Gasteiger partial charge is 0.294 e. The monoisotopic (exact) mass is 408 g/mol. The summed E-state index contributed by atoms with van der Waals surface area (Å²) < 4.78 is 0. The molecule has 3 aliphatic rings. The van der Waals surface area contributed by atoms with Crippen LogP contribution in [-0.2, 0) is 17.8 Å². The van der Waals surface area contributed by atoms with Crippen LogP contribution >= 0.6 is 11.8 Å². The Hall–Kier alpha value is -2.31. The number of carbonyl (C=O) groups excluding carboxylic acids is 2. The van der Waals surface area contributed by atoms with Crippen molar-refractivity contribution < 1.29 is 14.5 Å². The summed E-state index contributed by atoms with van der Waals surface area (Å²) in [6.45, 7) is 3.50. The zero-order chi connectivity index (χ0) is 19.8. The maximum atomic E-state index is 13.1.